The van der Waals surface area contributed by atoms with Gasteiger partial charge in [0.2, 0.25) is 0 Å². The molecule has 2 heterocycles. The molecule has 0 bridgehead atoms. The summed E-state index contributed by atoms with van der Waals surface area (Å²) in [7, 11) is -1.28. The second kappa shape index (κ2) is 4.52. The predicted molar refractivity (Wildman–Crippen MR) is 58.9 cm³/mol. The van der Waals surface area contributed by atoms with Crippen LogP contribution >= 0.6 is 0 Å². The Morgan fingerprint density at radius 2 is 2.29 bits per heavy atom. The number of carbonyl (C=O) groups excluding carboxylic acids is 1. The molecule has 2 rings (SSSR count). The lowest BCUT2D eigenvalue weighted by atomic mass is 10.0. The zero-order valence-corrected chi connectivity index (χ0v) is 10.4. The lowest BCUT2D eigenvalue weighted by Gasteiger charge is -2.04. The fourth-order valence-electron chi connectivity index (χ4n) is 2.00. The quantitative estimate of drug-likeness (QED) is 0.698. The molecule has 0 N–H and O–H groups in total. The molecule has 1 atom stereocenters. The number of aromatic nitrogens is 4. The van der Waals surface area contributed by atoms with Gasteiger partial charge in [0.05, 0.1) is 25.0 Å². The summed E-state index contributed by atoms with van der Waals surface area (Å²) in [5, 5.41) is 11.3. The van der Waals surface area contributed by atoms with E-state index >= 15 is 0 Å². The second-order valence-electron chi connectivity index (χ2n) is 4.38. The van der Waals surface area contributed by atoms with Crippen LogP contribution in [0.4, 0.5) is 0 Å². The summed E-state index contributed by atoms with van der Waals surface area (Å²) in [4.78, 5) is 13.0. The Bertz CT molecular complexity index is 522. The molecule has 1 unspecified atom stereocenters. The first-order chi connectivity index (χ1) is 7.94. The van der Waals surface area contributed by atoms with Crippen LogP contribution in [-0.4, -0.2) is 45.9 Å². The van der Waals surface area contributed by atoms with E-state index in [0.29, 0.717) is 12.2 Å². The van der Waals surface area contributed by atoms with E-state index in [1.807, 2.05) is 0 Å². The van der Waals surface area contributed by atoms with E-state index < -0.39 is 9.84 Å². The van der Waals surface area contributed by atoms with E-state index in [1.165, 1.54) is 4.80 Å². The van der Waals surface area contributed by atoms with Crippen molar-refractivity contribution < 1.29 is 13.2 Å². The Kier molecular flexibility index (Phi) is 3.23. The zero-order valence-electron chi connectivity index (χ0n) is 9.53. The van der Waals surface area contributed by atoms with Gasteiger partial charge in [-0.05, 0) is 17.6 Å². The molecule has 0 aliphatic carbocycles. The summed E-state index contributed by atoms with van der Waals surface area (Å²) in [5.74, 6) is 0.656. The number of carbonyl (C=O) groups is 1. The molecule has 0 radical (unpaired) electrons. The molecule has 1 fully saturated rings. The average Bonchev–Trinajstić information content (AvgIpc) is 2.73. The van der Waals surface area contributed by atoms with E-state index in [2.05, 4.69) is 15.4 Å². The number of nitrogens with zero attached hydrogens (tertiary/aromatic N) is 4. The molecule has 17 heavy (non-hydrogen) atoms. The maximum atomic E-state index is 11.7. The van der Waals surface area contributed by atoms with Gasteiger partial charge in [-0.15, -0.1) is 10.2 Å². The summed E-state index contributed by atoms with van der Waals surface area (Å²) in [5.41, 5.74) is 0. The van der Waals surface area contributed by atoms with Crippen molar-refractivity contribution in [1.82, 2.24) is 20.2 Å². The van der Waals surface area contributed by atoms with Gasteiger partial charge < -0.3 is 0 Å². The predicted octanol–water partition coefficient (Wildman–Crippen LogP) is -0.853. The second-order valence-corrected chi connectivity index (χ2v) is 6.61. The summed E-state index contributed by atoms with van der Waals surface area (Å²) in [6, 6.07) is 0. The Morgan fingerprint density at radius 3 is 2.82 bits per heavy atom. The van der Waals surface area contributed by atoms with Crippen LogP contribution in [0.5, 0.6) is 0 Å². The van der Waals surface area contributed by atoms with Gasteiger partial charge >= 0.3 is 0 Å². The zero-order chi connectivity index (χ0) is 12.5. The average molecular weight is 258 g/mol. The largest absolute Gasteiger partial charge is 0.299 e. The van der Waals surface area contributed by atoms with Crippen LogP contribution in [-0.2, 0) is 28.1 Å². The highest BCUT2D eigenvalue weighted by Crippen LogP contribution is 2.22. The molecule has 0 aromatic carbocycles. The van der Waals surface area contributed by atoms with Gasteiger partial charge in [0, 0.05) is 6.42 Å². The minimum atomic E-state index is -2.91. The van der Waals surface area contributed by atoms with Crippen LogP contribution in [0.15, 0.2) is 0 Å². The Balaban J connectivity index is 1.86. The van der Waals surface area contributed by atoms with Gasteiger partial charge in [-0.1, -0.05) is 0 Å². The van der Waals surface area contributed by atoms with Crippen LogP contribution in [0.25, 0.3) is 0 Å². The van der Waals surface area contributed by atoms with Gasteiger partial charge in [-0.25, -0.2) is 8.42 Å². The van der Waals surface area contributed by atoms with E-state index in [-0.39, 0.29) is 36.0 Å². The van der Waals surface area contributed by atoms with Crippen molar-refractivity contribution in [2.45, 2.75) is 19.3 Å². The first-order valence-corrected chi connectivity index (χ1v) is 7.22. The molecule has 1 aliphatic rings. The van der Waals surface area contributed by atoms with Gasteiger partial charge in [0.25, 0.3) is 0 Å². The highest BCUT2D eigenvalue weighted by Gasteiger charge is 2.29. The monoisotopic (exact) mass is 258 g/mol. The van der Waals surface area contributed by atoms with Crippen LogP contribution in [0.3, 0.4) is 0 Å². The number of hydrogen-bond donors (Lipinski definition) is 0. The Hall–Kier alpha value is -1.31. The van der Waals surface area contributed by atoms with E-state index in [4.69, 9.17) is 0 Å². The normalized spacial score (nSPS) is 22.8. The molecule has 1 aromatic rings. The van der Waals surface area contributed by atoms with Crippen molar-refractivity contribution >= 4 is 15.6 Å². The summed E-state index contributed by atoms with van der Waals surface area (Å²) in [6.07, 6.45) is 1.00. The molecule has 1 saturated heterocycles. The molecule has 7 nitrogen and oxygen atoms in total. The van der Waals surface area contributed by atoms with Crippen molar-refractivity contribution in [3.05, 3.63) is 5.82 Å². The number of rotatable bonds is 4. The first-order valence-electron chi connectivity index (χ1n) is 5.39. The van der Waals surface area contributed by atoms with Gasteiger partial charge in [0.15, 0.2) is 15.7 Å². The summed E-state index contributed by atoms with van der Waals surface area (Å²) < 4.78 is 22.5. The van der Waals surface area contributed by atoms with Crippen molar-refractivity contribution in [3.63, 3.8) is 0 Å². The van der Waals surface area contributed by atoms with Crippen molar-refractivity contribution in [1.29, 1.82) is 0 Å². The smallest absolute Gasteiger partial charge is 0.182 e. The third kappa shape index (κ3) is 3.32. The van der Waals surface area contributed by atoms with Crippen molar-refractivity contribution in [2.75, 3.05) is 11.5 Å². The minimum Gasteiger partial charge on any atom is -0.299 e. The van der Waals surface area contributed by atoms with Crippen molar-refractivity contribution in [3.8, 4) is 0 Å². The topological polar surface area (TPSA) is 94.8 Å². The number of tetrazole rings is 1. The lowest BCUT2D eigenvalue weighted by molar-refractivity contribution is -0.119. The SMILES string of the molecule is Cn1nnc(CC(=O)CC2CCS(=O)(=O)C2)n1. The Labute approximate surface area is 99.1 Å². The third-order valence-electron chi connectivity index (χ3n) is 2.75. The van der Waals surface area contributed by atoms with E-state index in [0.717, 1.165) is 0 Å². The molecule has 0 saturated carbocycles. The summed E-state index contributed by atoms with van der Waals surface area (Å²) >= 11 is 0. The maximum Gasteiger partial charge on any atom is 0.182 e. The van der Waals surface area contributed by atoms with Crippen LogP contribution < -0.4 is 0 Å². The van der Waals surface area contributed by atoms with E-state index in [1.54, 1.807) is 7.05 Å². The molecule has 1 aliphatic heterocycles. The molecule has 1 aromatic heterocycles. The highest BCUT2D eigenvalue weighted by molar-refractivity contribution is 7.91. The molecule has 8 heteroatoms. The molecule has 0 spiro atoms. The maximum absolute atomic E-state index is 11.7. The van der Waals surface area contributed by atoms with Crippen LogP contribution in [0.1, 0.15) is 18.7 Å². The van der Waals surface area contributed by atoms with Crippen molar-refractivity contribution in [2.24, 2.45) is 13.0 Å². The van der Waals surface area contributed by atoms with E-state index in [9.17, 15) is 13.2 Å². The summed E-state index contributed by atoms with van der Waals surface area (Å²) in [6.45, 7) is 0. The number of Topliss-reactive ketones (excluding diaryl/α,β-unsaturated/α-hetero) is 1. The fraction of sp³-hybridized carbons (Fsp3) is 0.778. The standard InChI is InChI=1S/C9H14N4O3S/c1-13-11-9(10-12-13)5-8(14)4-7-2-3-17(15,16)6-7/h7H,2-6H2,1H3. The Morgan fingerprint density at radius 1 is 1.53 bits per heavy atom. The number of ketones is 1. The molecular formula is C9H14N4O3S. The number of aryl methyl sites for hydroxylation is 1. The highest BCUT2D eigenvalue weighted by atomic mass is 32.2. The fourth-order valence-corrected chi connectivity index (χ4v) is 3.86. The number of sulfone groups is 1. The van der Waals surface area contributed by atoms with Gasteiger partial charge in [-0.3, -0.25) is 4.79 Å². The van der Waals surface area contributed by atoms with Crippen LogP contribution in [0, 0.1) is 5.92 Å². The van der Waals surface area contributed by atoms with Crippen LogP contribution in [0.2, 0.25) is 0 Å². The van der Waals surface area contributed by atoms with Gasteiger partial charge in [0.1, 0.15) is 5.78 Å². The minimum absolute atomic E-state index is 0.0277. The molecular weight excluding hydrogens is 244 g/mol. The molecule has 94 valence electrons. The molecule has 0 amide bonds. The first kappa shape index (κ1) is 12.2. The lowest BCUT2D eigenvalue weighted by Crippen LogP contribution is -2.13. The van der Waals surface area contributed by atoms with Gasteiger partial charge in [-0.2, -0.15) is 4.80 Å². The third-order valence-corrected chi connectivity index (χ3v) is 4.59. The number of hydrogen-bond acceptors (Lipinski definition) is 6.